The van der Waals surface area contributed by atoms with Gasteiger partial charge in [0.1, 0.15) is 11.6 Å². The fourth-order valence-electron chi connectivity index (χ4n) is 1.34. The second-order valence-corrected chi connectivity index (χ2v) is 4.74. The van der Waals surface area contributed by atoms with Crippen LogP contribution >= 0.6 is 15.9 Å². The van der Waals surface area contributed by atoms with Gasteiger partial charge < -0.3 is 5.32 Å². The molecule has 16 heavy (non-hydrogen) atoms. The molecule has 0 bridgehead atoms. The minimum Gasteiger partial charge on any atom is -0.310 e. The first kappa shape index (κ1) is 11.3. The molecule has 1 fully saturated rings. The molecule has 1 aromatic heterocycles. The average molecular weight is 283 g/mol. The number of hydrogen-bond donors (Lipinski definition) is 1. The standard InChI is InChI=1S/C11H11BrN2O2/c12-8-3-4-10(13-6-8)14-11(16)5-9(15)7-1-2-7/h3-4,6-7H,1-2,5H2,(H,13,14,16). The summed E-state index contributed by atoms with van der Waals surface area (Å²) in [4.78, 5) is 26.8. The molecule has 0 aliphatic heterocycles. The molecule has 1 saturated carbocycles. The Kier molecular flexibility index (Phi) is 3.33. The number of amides is 1. The van der Waals surface area contributed by atoms with Crippen LogP contribution < -0.4 is 5.32 Å². The molecule has 0 radical (unpaired) electrons. The van der Waals surface area contributed by atoms with Crippen LogP contribution in [0.15, 0.2) is 22.8 Å². The number of anilines is 1. The third-order valence-electron chi connectivity index (χ3n) is 2.36. The number of pyridine rings is 1. The summed E-state index contributed by atoms with van der Waals surface area (Å²) < 4.78 is 0.847. The summed E-state index contributed by atoms with van der Waals surface area (Å²) in [7, 11) is 0. The minimum absolute atomic E-state index is 0.0367. The quantitative estimate of drug-likeness (QED) is 0.861. The number of hydrogen-bond acceptors (Lipinski definition) is 3. The number of aromatic nitrogens is 1. The number of nitrogens with one attached hydrogen (secondary N) is 1. The van der Waals surface area contributed by atoms with Crippen LogP contribution in [0.5, 0.6) is 0 Å². The first-order valence-corrected chi connectivity index (χ1v) is 5.88. The second-order valence-electron chi connectivity index (χ2n) is 3.83. The van der Waals surface area contributed by atoms with E-state index in [2.05, 4.69) is 26.2 Å². The summed E-state index contributed by atoms with van der Waals surface area (Å²) >= 11 is 3.25. The van der Waals surface area contributed by atoms with E-state index in [1.807, 2.05) is 0 Å². The van der Waals surface area contributed by atoms with Crippen molar-refractivity contribution in [3.63, 3.8) is 0 Å². The van der Waals surface area contributed by atoms with Crippen molar-refractivity contribution >= 4 is 33.4 Å². The highest BCUT2D eigenvalue weighted by molar-refractivity contribution is 9.10. The first-order chi connectivity index (χ1) is 7.65. The summed E-state index contributed by atoms with van der Waals surface area (Å²) in [6.07, 6.45) is 3.42. The Hall–Kier alpha value is -1.23. The molecule has 0 unspecified atom stereocenters. The zero-order valence-corrected chi connectivity index (χ0v) is 10.2. The van der Waals surface area contributed by atoms with Crippen LogP contribution in [0, 0.1) is 5.92 Å². The van der Waals surface area contributed by atoms with E-state index in [0.29, 0.717) is 5.82 Å². The number of rotatable bonds is 4. The molecule has 84 valence electrons. The van der Waals surface area contributed by atoms with Gasteiger partial charge in [-0.3, -0.25) is 9.59 Å². The lowest BCUT2D eigenvalue weighted by Crippen LogP contribution is -2.17. The number of halogens is 1. The van der Waals surface area contributed by atoms with Crippen LogP contribution in [0.3, 0.4) is 0 Å². The van der Waals surface area contributed by atoms with Gasteiger partial charge in [0.2, 0.25) is 5.91 Å². The molecule has 0 spiro atoms. The van der Waals surface area contributed by atoms with Gasteiger partial charge in [0.15, 0.2) is 0 Å². The van der Waals surface area contributed by atoms with E-state index in [0.717, 1.165) is 17.3 Å². The van der Waals surface area contributed by atoms with Crippen LogP contribution in [-0.4, -0.2) is 16.7 Å². The number of Topliss-reactive ketones (excluding diaryl/α,β-unsaturated/α-hetero) is 1. The SMILES string of the molecule is O=C(CC(=O)C1CC1)Nc1ccc(Br)cn1. The fraction of sp³-hybridized carbons (Fsp3) is 0.364. The summed E-state index contributed by atoms with van der Waals surface area (Å²) in [5.41, 5.74) is 0. The van der Waals surface area contributed by atoms with Crippen LogP contribution in [0.1, 0.15) is 19.3 Å². The Balaban J connectivity index is 1.86. The van der Waals surface area contributed by atoms with E-state index < -0.39 is 0 Å². The summed E-state index contributed by atoms with van der Waals surface area (Å²) in [6.45, 7) is 0. The van der Waals surface area contributed by atoms with Gasteiger partial charge in [-0.25, -0.2) is 4.98 Å². The van der Waals surface area contributed by atoms with Gasteiger partial charge in [-0.2, -0.15) is 0 Å². The molecule has 0 aromatic carbocycles. The summed E-state index contributed by atoms with van der Waals surface area (Å²) in [5.74, 6) is 0.349. The minimum atomic E-state index is -0.285. The third-order valence-corrected chi connectivity index (χ3v) is 2.83. The second kappa shape index (κ2) is 4.74. The largest absolute Gasteiger partial charge is 0.310 e. The lowest BCUT2D eigenvalue weighted by molar-refractivity contribution is -0.126. The average Bonchev–Trinajstić information content (AvgIpc) is 3.04. The first-order valence-electron chi connectivity index (χ1n) is 5.09. The van der Waals surface area contributed by atoms with E-state index in [9.17, 15) is 9.59 Å². The monoisotopic (exact) mass is 282 g/mol. The van der Waals surface area contributed by atoms with Crippen molar-refractivity contribution in [1.29, 1.82) is 0 Å². The summed E-state index contributed by atoms with van der Waals surface area (Å²) in [5, 5.41) is 2.59. The number of ketones is 1. The Morgan fingerprint density at radius 1 is 1.44 bits per heavy atom. The van der Waals surface area contributed by atoms with Crippen LogP contribution in [0.2, 0.25) is 0 Å². The predicted molar refractivity (Wildman–Crippen MR) is 62.9 cm³/mol. The molecule has 1 amide bonds. The van der Waals surface area contributed by atoms with Crippen molar-refractivity contribution in [2.24, 2.45) is 5.92 Å². The zero-order valence-electron chi connectivity index (χ0n) is 8.57. The number of carbonyl (C=O) groups excluding carboxylic acids is 2. The fourth-order valence-corrected chi connectivity index (χ4v) is 1.58. The van der Waals surface area contributed by atoms with Crippen LogP contribution in [0.4, 0.5) is 5.82 Å². The van der Waals surface area contributed by atoms with Crippen molar-refractivity contribution in [3.8, 4) is 0 Å². The molecule has 1 N–H and O–H groups in total. The van der Waals surface area contributed by atoms with E-state index >= 15 is 0 Å². The molecular formula is C11H11BrN2O2. The van der Waals surface area contributed by atoms with Crippen LogP contribution in [0.25, 0.3) is 0 Å². The molecule has 1 heterocycles. The van der Waals surface area contributed by atoms with Crippen molar-refractivity contribution < 1.29 is 9.59 Å². The van der Waals surface area contributed by atoms with Crippen molar-refractivity contribution in [1.82, 2.24) is 4.98 Å². The molecule has 4 nitrogen and oxygen atoms in total. The van der Waals surface area contributed by atoms with Gasteiger partial charge in [0, 0.05) is 16.6 Å². The lowest BCUT2D eigenvalue weighted by atomic mass is 10.2. The van der Waals surface area contributed by atoms with Crippen molar-refractivity contribution in [2.75, 3.05) is 5.32 Å². The smallest absolute Gasteiger partial charge is 0.232 e. The topological polar surface area (TPSA) is 59.1 Å². The maximum Gasteiger partial charge on any atom is 0.232 e. The van der Waals surface area contributed by atoms with E-state index in [1.54, 1.807) is 18.3 Å². The van der Waals surface area contributed by atoms with Gasteiger partial charge in [-0.05, 0) is 40.9 Å². The lowest BCUT2D eigenvalue weighted by Gasteiger charge is -2.03. The Labute approximate surface area is 102 Å². The van der Waals surface area contributed by atoms with Gasteiger partial charge >= 0.3 is 0 Å². The molecule has 2 rings (SSSR count). The zero-order chi connectivity index (χ0) is 11.5. The number of nitrogens with zero attached hydrogens (tertiary/aromatic N) is 1. The molecule has 1 aliphatic carbocycles. The molecule has 0 atom stereocenters. The third kappa shape index (κ3) is 3.13. The predicted octanol–water partition coefficient (Wildman–Crippen LogP) is 2.15. The highest BCUT2D eigenvalue weighted by Gasteiger charge is 2.30. The van der Waals surface area contributed by atoms with Gasteiger partial charge in [0.05, 0.1) is 6.42 Å². The van der Waals surface area contributed by atoms with Gasteiger partial charge in [-0.1, -0.05) is 0 Å². The van der Waals surface area contributed by atoms with E-state index in [4.69, 9.17) is 0 Å². The van der Waals surface area contributed by atoms with Crippen molar-refractivity contribution in [3.05, 3.63) is 22.8 Å². The number of carbonyl (C=O) groups is 2. The Morgan fingerprint density at radius 3 is 2.75 bits per heavy atom. The van der Waals surface area contributed by atoms with Crippen LogP contribution in [-0.2, 0) is 9.59 Å². The molecule has 1 aliphatic rings. The van der Waals surface area contributed by atoms with E-state index in [-0.39, 0.29) is 24.0 Å². The Morgan fingerprint density at radius 2 is 2.19 bits per heavy atom. The maximum atomic E-state index is 11.5. The summed E-state index contributed by atoms with van der Waals surface area (Å²) in [6, 6.07) is 3.47. The van der Waals surface area contributed by atoms with Crippen molar-refractivity contribution in [2.45, 2.75) is 19.3 Å². The molecule has 1 aromatic rings. The highest BCUT2D eigenvalue weighted by Crippen LogP contribution is 2.30. The van der Waals surface area contributed by atoms with Gasteiger partial charge in [0.25, 0.3) is 0 Å². The molecule has 5 heteroatoms. The highest BCUT2D eigenvalue weighted by atomic mass is 79.9. The molecule has 0 saturated heterocycles. The van der Waals surface area contributed by atoms with E-state index in [1.165, 1.54) is 0 Å². The van der Waals surface area contributed by atoms with Gasteiger partial charge in [-0.15, -0.1) is 0 Å². The normalized spacial score (nSPS) is 14.6. The molecular weight excluding hydrogens is 272 g/mol. The Bertz CT molecular complexity index is 412. The maximum absolute atomic E-state index is 11.5.